The van der Waals surface area contributed by atoms with E-state index in [0.29, 0.717) is 0 Å². The SMILES string of the molecule is C=CC(=O)OCO[Si](C=C)(OC)OC. The van der Waals surface area contributed by atoms with Crippen LogP contribution in [0, 0.1) is 0 Å². The largest absolute Gasteiger partial charge is 0.530 e. The van der Waals surface area contributed by atoms with Gasteiger partial charge in [0, 0.05) is 20.3 Å². The number of carbonyl (C=O) groups is 1. The molecule has 0 amide bonds. The van der Waals surface area contributed by atoms with Crippen LogP contribution >= 0.6 is 0 Å². The zero-order valence-electron chi connectivity index (χ0n) is 8.32. The van der Waals surface area contributed by atoms with Crippen molar-refractivity contribution in [3.8, 4) is 0 Å². The van der Waals surface area contributed by atoms with Crippen LogP contribution in [0.1, 0.15) is 0 Å². The van der Waals surface area contributed by atoms with Gasteiger partial charge in [-0.05, 0) is 5.70 Å². The molecule has 0 radical (unpaired) electrons. The van der Waals surface area contributed by atoms with Gasteiger partial charge in [-0.15, -0.1) is 0 Å². The Morgan fingerprint density at radius 2 is 1.93 bits per heavy atom. The van der Waals surface area contributed by atoms with Crippen LogP contribution in [-0.4, -0.2) is 35.8 Å². The summed E-state index contributed by atoms with van der Waals surface area (Å²) >= 11 is 0. The van der Waals surface area contributed by atoms with Crippen LogP contribution in [0.2, 0.25) is 0 Å². The topological polar surface area (TPSA) is 54.0 Å². The maximum absolute atomic E-state index is 10.7. The normalized spacial score (nSPS) is 10.7. The molecule has 0 unspecified atom stereocenters. The molecule has 0 N–H and O–H groups in total. The molecule has 0 bridgehead atoms. The molecule has 14 heavy (non-hydrogen) atoms. The summed E-state index contributed by atoms with van der Waals surface area (Å²) in [5.74, 6) is -0.566. The Balaban J connectivity index is 4.00. The van der Waals surface area contributed by atoms with Crippen molar-refractivity contribution in [3.63, 3.8) is 0 Å². The first-order chi connectivity index (χ1) is 6.64. The van der Waals surface area contributed by atoms with Crippen LogP contribution in [0.4, 0.5) is 0 Å². The molecule has 0 atom stereocenters. The van der Waals surface area contributed by atoms with Crippen LogP contribution in [-0.2, 0) is 22.8 Å². The predicted octanol–water partition coefficient (Wildman–Crippen LogP) is 0.647. The monoisotopic (exact) mass is 218 g/mol. The number of hydrogen-bond acceptors (Lipinski definition) is 5. The van der Waals surface area contributed by atoms with Gasteiger partial charge >= 0.3 is 14.8 Å². The van der Waals surface area contributed by atoms with E-state index in [0.717, 1.165) is 6.08 Å². The smallest absolute Gasteiger partial charge is 0.436 e. The molecule has 0 rings (SSSR count). The molecule has 0 spiro atoms. The Hall–Kier alpha value is -0.953. The second-order valence-corrected chi connectivity index (χ2v) is 4.87. The lowest BCUT2D eigenvalue weighted by molar-refractivity contribution is -0.146. The van der Waals surface area contributed by atoms with Gasteiger partial charge in [-0.1, -0.05) is 13.2 Å². The summed E-state index contributed by atoms with van der Waals surface area (Å²) in [5, 5.41) is 0. The maximum Gasteiger partial charge on any atom is 0.530 e. The summed E-state index contributed by atoms with van der Waals surface area (Å²) < 4.78 is 19.8. The number of hydrogen-bond donors (Lipinski definition) is 0. The van der Waals surface area contributed by atoms with E-state index < -0.39 is 14.8 Å². The molecule has 0 aliphatic carbocycles. The van der Waals surface area contributed by atoms with Gasteiger partial charge in [0.15, 0.2) is 6.79 Å². The van der Waals surface area contributed by atoms with Crippen molar-refractivity contribution in [2.45, 2.75) is 0 Å². The average molecular weight is 218 g/mol. The lowest BCUT2D eigenvalue weighted by atomic mass is 10.7. The fourth-order valence-electron chi connectivity index (χ4n) is 0.655. The van der Waals surface area contributed by atoms with Crippen molar-refractivity contribution in [2.24, 2.45) is 0 Å². The molecule has 80 valence electrons. The molecule has 0 heterocycles. The summed E-state index contributed by atoms with van der Waals surface area (Å²) in [5.41, 5.74) is 1.44. The molecule has 0 aliphatic rings. The summed E-state index contributed by atoms with van der Waals surface area (Å²) in [7, 11) is 0.0298. The van der Waals surface area contributed by atoms with Crippen molar-refractivity contribution in [3.05, 3.63) is 24.9 Å². The highest BCUT2D eigenvalue weighted by atomic mass is 28.4. The average Bonchev–Trinajstić information content (AvgIpc) is 2.25. The predicted molar refractivity (Wildman–Crippen MR) is 52.2 cm³/mol. The number of esters is 1. The van der Waals surface area contributed by atoms with Crippen molar-refractivity contribution in [1.29, 1.82) is 0 Å². The van der Waals surface area contributed by atoms with Crippen molar-refractivity contribution >= 4 is 14.8 Å². The molecule has 0 aromatic heterocycles. The highest BCUT2D eigenvalue weighted by Gasteiger charge is 2.35. The Morgan fingerprint density at radius 3 is 2.29 bits per heavy atom. The first-order valence-electron chi connectivity index (χ1n) is 3.81. The maximum atomic E-state index is 10.7. The summed E-state index contributed by atoms with van der Waals surface area (Å²) in [4.78, 5) is 10.7. The van der Waals surface area contributed by atoms with Crippen LogP contribution in [0.25, 0.3) is 0 Å². The molecule has 0 saturated heterocycles. The fourth-order valence-corrected chi connectivity index (χ4v) is 1.73. The minimum atomic E-state index is -2.84. The molecule has 0 fully saturated rings. The van der Waals surface area contributed by atoms with Gasteiger partial charge < -0.3 is 18.0 Å². The molecule has 0 aromatic rings. The zero-order chi connectivity index (χ0) is 11.0. The minimum Gasteiger partial charge on any atom is -0.436 e. The quantitative estimate of drug-likeness (QED) is 0.272. The Bertz CT molecular complexity index is 212. The van der Waals surface area contributed by atoms with E-state index >= 15 is 0 Å². The third-order valence-corrected chi connectivity index (χ3v) is 3.61. The lowest BCUT2D eigenvalue weighted by Gasteiger charge is -2.21. The van der Waals surface area contributed by atoms with Gasteiger partial charge in [-0.25, -0.2) is 4.79 Å². The second-order valence-electron chi connectivity index (χ2n) is 2.15. The number of ether oxygens (including phenoxy) is 1. The first kappa shape index (κ1) is 13.0. The minimum absolute atomic E-state index is 0.245. The van der Waals surface area contributed by atoms with Gasteiger partial charge in [-0.2, -0.15) is 0 Å². The van der Waals surface area contributed by atoms with E-state index in [4.69, 9.17) is 13.3 Å². The van der Waals surface area contributed by atoms with E-state index in [1.54, 1.807) is 0 Å². The number of rotatable bonds is 7. The van der Waals surface area contributed by atoms with Crippen LogP contribution in [0.5, 0.6) is 0 Å². The van der Waals surface area contributed by atoms with Gasteiger partial charge in [0.05, 0.1) is 0 Å². The van der Waals surface area contributed by atoms with Crippen molar-refractivity contribution < 1.29 is 22.8 Å². The summed E-state index contributed by atoms with van der Waals surface area (Å²) in [6.45, 7) is 6.51. The van der Waals surface area contributed by atoms with E-state index in [1.165, 1.54) is 19.9 Å². The van der Waals surface area contributed by atoms with E-state index in [2.05, 4.69) is 17.9 Å². The van der Waals surface area contributed by atoms with Crippen LogP contribution < -0.4 is 0 Å². The van der Waals surface area contributed by atoms with E-state index in [-0.39, 0.29) is 6.79 Å². The lowest BCUT2D eigenvalue weighted by Crippen LogP contribution is -2.42. The first-order valence-corrected chi connectivity index (χ1v) is 5.61. The molecular weight excluding hydrogens is 204 g/mol. The van der Waals surface area contributed by atoms with Gasteiger partial charge in [0.1, 0.15) is 0 Å². The van der Waals surface area contributed by atoms with Gasteiger partial charge in [0.2, 0.25) is 0 Å². The second kappa shape index (κ2) is 6.49. The standard InChI is InChI=1S/C8H14O5Si/c1-5-8(9)12-7-13-14(6-2,10-3)11-4/h5-6H,1-2,7H2,3-4H3. The Kier molecular flexibility index (Phi) is 6.05. The molecule has 0 aliphatic heterocycles. The molecule has 6 heteroatoms. The van der Waals surface area contributed by atoms with Crippen molar-refractivity contribution in [2.75, 3.05) is 21.0 Å². The highest BCUT2D eigenvalue weighted by molar-refractivity contribution is 6.66. The molecule has 5 nitrogen and oxygen atoms in total. The molecule has 0 aromatic carbocycles. The third kappa shape index (κ3) is 3.84. The number of carbonyl (C=O) groups excluding carboxylic acids is 1. The highest BCUT2D eigenvalue weighted by Crippen LogP contribution is 2.07. The Labute approximate surface area is 84.3 Å². The fraction of sp³-hybridized carbons (Fsp3) is 0.375. The molecule has 0 saturated carbocycles. The van der Waals surface area contributed by atoms with Crippen LogP contribution in [0.15, 0.2) is 24.9 Å². The summed E-state index contributed by atoms with van der Waals surface area (Å²) in [6.07, 6.45) is 1.04. The van der Waals surface area contributed by atoms with Gasteiger partial charge in [0.25, 0.3) is 0 Å². The third-order valence-electron chi connectivity index (χ3n) is 1.45. The van der Waals surface area contributed by atoms with Gasteiger partial charge in [-0.3, -0.25) is 0 Å². The zero-order valence-corrected chi connectivity index (χ0v) is 9.32. The van der Waals surface area contributed by atoms with Crippen LogP contribution in [0.3, 0.4) is 0 Å². The van der Waals surface area contributed by atoms with E-state index in [1.807, 2.05) is 0 Å². The van der Waals surface area contributed by atoms with E-state index in [9.17, 15) is 4.79 Å². The Morgan fingerprint density at radius 1 is 1.36 bits per heavy atom. The van der Waals surface area contributed by atoms with Crippen molar-refractivity contribution in [1.82, 2.24) is 0 Å². The molecular formula is C8H14O5Si. The summed E-state index contributed by atoms with van der Waals surface area (Å²) in [6, 6.07) is 0.